The van der Waals surface area contributed by atoms with Crippen LogP contribution < -0.4 is 5.73 Å². The van der Waals surface area contributed by atoms with Crippen LogP contribution >= 0.6 is 11.6 Å². The van der Waals surface area contributed by atoms with Gasteiger partial charge in [0, 0.05) is 12.6 Å². The minimum Gasteiger partial charge on any atom is -0.387 e. The Morgan fingerprint density at radius 2 is 2.09 bits per heavy atom. The molecule has 0 aliphatic heterocycles. The molecule has 0 saturated heterocycles. The number of aromatic nitrogens is 7. The Bertz CT molecular complexity index is 1350. The number of nitrogens with two attached hydrogens (primary N) is 1. The summed E-state index contributed by atoms with van der Waals surface area (Å²) in [6, 6.07) is 9.28. The highest BCUT2D eigenvalue weighted by molar-refractivity contribution is 6.35. The summed E-state index contributed by atoms with van der Waals surface area (Å²) in [6.45, 7) is 3.86. The SMILES string of the molecule is Cc1c(C#N)cccc1-c1nc(N)c(Cl)c(-c2cn(Cc3cc(C(C)O)n(C)n3)nn2)n1. The highest BCUT2D eigenvalue weighted by Crippen LogP contribution is 2.32. The van der Waals surface area contributed by atoms with Gasteiger partial charge >= 0.3 is 0 Å². The number of hydrogen-bond acceptors (Lipinski definition) is 8. The summed E-state index contributed by atoms with van der Waals surface area (Å²) in [4.78, 5) is 8.87. The molecule has 3 heterocycles. The predicted molar refractivity (Wildman–Crippen MR) is 118 cm³/mol. The highest BCUT2D eigenvalue weighted by Gasteiger charge is 2.19. The highest BCUT2D eigenvalue weighted by atomic mass is 35.5. The second-order valence-corrected chi connectivity index (χ2v) is 7.72. The molecule has 162 valence electrons. The third-order valence-corrected chi connectivity index (χ3v) is 5.44. The Morgan fingerprint density at radius 1 is 1.31 bits per heavy atom. The van der Waals surface area contributed by atoms with E-state index in [4.69, 9.17) is 17.3 Å². The fourth-order valence-corrected chi connectivity index (χ4v) is 3.60. The Hall–Kier alpha value is -3.81. The van der Waals surface area contributed by atoms with Gasteiger partial charge in [-0.2, -0.15) is 10.4 Å². The lowest BCUT2D eigenvalue weighted by molar-refractivity contribution is 0.189. The summed E-state index contributed by atoms with van der Waals surface area (Å²) in [5.41, 5.74) is 10.2. The van der Waals surface area contributed by atoms with Crippen LogP contribution in [-0.4, -0.2) is 39.8 Å². The van der Waals surface area contributed by atoms with Crippen molar-refractivity contribution in [3.05, 3.63) is 58.0 Å². The van der Waals surface area contributed by atoms with E-state index in [2.05, 4.69) is 31.4 Å². The maximum absolute atomic E-state index is 9.81. The van der Waals surface area contributed by atoms with Crippen molar-refractivity contribution in [1.82, 2.24) is 34.7 Å². The lowest BCUT2D eigenvalue weighted by Gasteiger charge is -2.09. The van der Waals surface area contributed by atoms with Gasteiger partial charge < -0.3 is 10.8 Å². The van der Waals surface area contributed by atoms with E-state index in [9.17, 15) is 10.4 Å². The van der Waals surface area contributed by atoms with Crippen LogP contribution in [0.1, 0.15) is 35.5 Å². The van der Waals surface area contributed by atoms with Gasteiger partial charge in [0.05, 0.1) is 41.9 Å². The molecule has 1 unspecified atom stereocenters. The summed E-state index contributed by atoms with van der Waals surface area (Å²) >= 11 is 6.39. The molecule has 4 rings (SSSR count). The van der Waals surface area contributed by atoms with Crippen LogP contribution in [0.4, 0.5) is 5.82 Å². The molecule has 4 aromatic rings. The third-order valence-electron chi connectivity index (χ3n) is 5.07. The zero-order valence-corrected chi connectivity index (χ0v) is 18.4. The Kier molecular flexibility index (Phi) is 5.61. The first kappa shape index (κ1) is 21.4. The standard InChI is InChI=1S/C21H20ClN9O/c1-11-13(8-23)5-4-6-15(11)21-25-19(18(22)20(24)26-21)16-10-31(29-27-16)9-14-7-17(12(2)32)30(3)28-14/h4-7,10,12,32H,9H2,1-3H3,(H2,24,25,26). The molecule has 3 N–H and O–H groups in total. The molecule has 0 aliphatic carbocycles. The molecule has 0 amide bonds. The molecule has 0 bridgehead atoms. The number of anilines is 1. The van der Waals surface area contributed by atoms with Crippen molar-refractivity contribution in [3.8, 4) is 28.8 Å². The van der Waals surface area contributed by atoms with Crippen molar-refractivity contribution in [2.75, 3.05) is 5.73 Å². The minimum absolute atomic E-state index is 0.106. The summed E-state index contributed by atoms with van der Waals surface area (Å²) in [7, 11) is 1.77. The minimum atomic E-state index is -0.628. The topological polar surface area (TPSA) is 144 Å². The zero-order chi connectivity index (χ0) is 23.0. The van der Waals surface area contributed by atoms with Crippen molar-refractivity contribution in [2.24, 2.45) is 7.05 Å². The normalized spacial score (nSPS) is 12.0. The van der Waals surface area contributed by atoms with E-state index in [1.807, 2.05) is 19.1 Å². The first-order valence-electron chi connectivity index (χ1n) is 9.73. The van der Waals surface area contributed by atoms with Gasteiger partial charge in [-0.1, -0.05) is 28.9 Å². The van der Waals surface area contributed by atoms with Crippen LogP contribution in [0.15, 0.2) is 30.5 Å². The number of benzene rings is 1. The van der Waals surface area contributed by atoms with E-state index in [1.165, 1.54) is 0 Å². The number of halogens is 1. The van der Waals surface area contributed by atoms with E-state index in [0.29, 0.717) is 40.6 Å². The van der Waals surface area contributed by atoms with Gasteiger partial charge in [-0.3, -0.25) is 4.68 Å². The van der Waals surface area contributed by atoms with Crippen molar-refractivity contribution in [2.45, 2.75) is 26.5 Å². The zero-order valence-electron chi connectivity index (χ0n) is 17.7. The molecule has 0 saturated carbocycles. The summed E-state index contributed by atoms with van der Waals surface area (Å²) in [6.07, 6.45) is 1.06. The molecule has 0 aliphatic rings. The maximum atomic E-state index is 9.81. The molecule has 11 heteroatoms. The fourth-order valence-electron chi connectivity index (χ4n) is 3.42. The molecule has 3 aromatic heterocycles. The average molecular weight is 450 g/mol. The smallest absolute Gasteiger partial charge is 0.162 e. The number of aliphatic hydroxyl groups excluding tert-OH is 1. The second-order valence-electron chi connectivity index (χ2n) is 7.35. The van der Waals surface area contributed by atoms with Crippen LogP contribution in [0, 0.1) is 18.3 Å². The van der Waals surface area contributed by atoms with Crippen molar-refractivity contribution < 1.29 is 5.11 Å². The molecule has 0 fully saturated rings. The number of rotatable bonds is 5. The van der Waals surface area contributed by atoms with Crippen molar-refractivity contribution in [3.63, 3.8) is 0 Å². The maximum Gasteiger partial charge on any atom is 0.162 e. The number of aryl methyl sites for hydroxylation is 1. The van der Waals surface area contributed by atoms with E-state index in [1.54, 1.807) is 41.7 Å². The number of hydrogen-bond donors (Lipinski definition) is 2. The molecule has 0 spiro atoms. The summed E-state index contributed by atoms with van der Waals surface area (Å²) < 4.78 is 3.23. The average Bonchev–Trinajstić information content (AvgIpc) is 3.36. The monoisotopic (exact) mass is 449 g/mol. The third kappa shape index (κ3) is 3.91. The van der Waals surface area contributed by atoms with Gasteiger partial charge in [-0.25, -0.2) is 14.6 Å². The first-order valence-corrected chi connectivity index (χ1v) is 10.1. The van der Waals surface area contributed by atoms with E-state index in [0.717, 1.165) is 11.3 Å². The van der Waals surface area contributed by atoms with E-state index in [-0.39, 0.29) is 10.8 Å². The Morgan fingerprint density at radius 3 is 2.78 bits per heavy atom. The molecular weight excluding hydrogens is 430 g/mol. The molecule has 0 radical (unpaired) electrons. The van der Waals surface area contributed by atoms with Gasteiger partial charge in [0.15, 0.2) is 5.82 Å². The summed E-state index contributed by atoms with van der Waals surface area (Å²) in [5.74, 6) is 0.451. The number of nitrogen functional groups attached to an aromatic ring is 1. The Labute approximate surface area is 188 Å². The number of nitriles is 1. The van der Waals surface area contributed by atoms with Crippen LogP contribution in [0.3, 0.4) is 0 Å². The largest absolute Gasteiger partial charge is 0.387 e. The fraction of sp³-hybridized carbons (Fsp3) is 0.238. The van der Waals surface area contributed by atoms with Gasteiger partial charge in [0.2, 0.25) is 0 Å². The first-order chi connectivity index (χ1) is 15.3. The molecule has 1 atom stereocenters. The number of aliphatic hydroxyl groups is 1. The molecule has 32 heavy (non-hydrogen) atoms. The molecule has 10 nitrogen and oxygen atoms in total. The molecular formula is C21H20ClN9O. The van der Waals surface area contributed by atoms with Crippen LogP contribution in [0.5, 0.6) is 0 Å². The van der Waals surface area contributed by atoms with E-state index >= 15 is 0 Å². The van der Waals surface area contributed by atoms with Crippen LogP contribution in [0.2, 0.25) is 5.02 Å². The molecule has 1 aromatic carbocycles. The van der Waals surface area contributed by atoms with Gasteiger partial charge in [-0.05, 0) is 31.5 Å². The lowest BCUT2D eigenvalue weighted by Crippen LogP contribution is -2.03. The lowest BCUT2D eigenvalue weighted by atomic mass is 10.0. The van der Waals surface area contributed by atoms with Crippen molar-refractivity contribution >= 4 is 17.4 Å². The van der Waals surface area contributed by atoms with Gasteiger partial charge in [0.1, 0.15) is 22.2 Å². The predicted octanol–water partition coefficient (Wildman–Crippen LogP) is 2.65. The quantitative estimate of drug-likeness (QED) is 0.473. The van der Waals surface area contributed by atoms with E-state index < -0.39 is 6.10 Å². The number of nitrogens with zero attached hydrogens (tertiary/aromatic N) is 8. The second kappa shape index (κ2) is 8.37. The summed E-state index contributed by atoms with van der Waals surface area (Å²) in [5, 5.41) is 32.0. The Balaban J connectivity index is 1.70. The van der Waals surface area contributed by atoms with Crippen LogP contribution in [0.25, 0.3) is 22.8 Å². The van der Waals surface area contributed by atoms with Gasteiger partial charge in [-0.15, -0.1) is 5.10 Å². The van der Waals surface area contributed by atoms with Crippen molar-refractivity contribution in [1.29, 1.82) is 5.26 Å². The van der Waals surface area contributed by atoms with Gasteiger partial charge in [0.25, 0.3) is 0 Å². The van der Waals surface area contributed by atoms with Crippen LogP contribution in [-0.2, 0) is 13.6 Å².